The van der Waals surface area contributed by atoms with Crippen LogP contribution in [0.25, 0.3) is 0 Å². The average Bonchev–Trinajstić information content (AvgIpc) is 2.78. The number of thiophene rings is 1. The van der Waals surface area contributed by atoms with Crippen LogP contribution in [-0.2, 0) is 11.3 Å². The summed E-state index contributed by atoms with van der Waals surface area (Å²) < 4.78 is 5.22. The van der Waals surface area contributed by atoms with Crippen molar-refractivity contribution in [2.75, 3.05) is 0 Å². The van der Waals surface area contributed by atoms with Gasteiger partial charge < -0.3 is 21.1 Å². The van der Waals surface area contributed by atoms with Crippen molar-refractivity contribution in [2.45, 2.75) is 57.8 Å². The van der Waals surface area contributed by atoms with Gasteiger partial charge in [-0.2, -0.15) is 0 Å². The number of nitrogens with two attached hydrogens (primary N) is 1. The standard InChI is InChI=1S/C15H23N3O3S/c1-15(2,3)21-14(20)18-11-5-10(6-11)17-7-12-4-9(8-22-12)13(16)19/h4,8,10-11,17H,5-7H2,1-3H3,(H2,16,19)(H,18,20). The second-order valence-electron chi connectivity index (χ2n) is 6.56. The molecule has 6 nitrogen and oxygen atoms in total. The summed E-state index contributed by atoms with van der Waals surface area (Å²) >= 11 is 1.52. The van der Waals surface area contributed by atoms with Gasteiger partial charge in [0.1, 0.15) is 5.60 Å². The predicted octanol–water partition coefficient (Wildman–Crippen LogP) is 1.99. The number of hydrogen-bond donors (Lipinski definition) is 3. The third-order valence-corrected chi connectivity index (χ3v) is 4.30. The Kier molecular flexibility index (Phi) is 5.08. The maximum Gasteiger partial charge on any atom is 0.407 e. The lowest BCUT2D eigenvalue weighted by molar-refractivity contribution is 0.0465. The normalized spacial score (nSPS) is 21.0. The fourth-order valence-corrected chi connectivity index (χ4v) is 3.05. The van der Waals surface area contributed by atoms with E-state index in [4.69, 9.17) is 10.5 Å². The van der Waals surface area contributed by atoms with Gasteiger partial charge in [-0.15, -0.1) is 11.3 Å². The molecule has 1 aromatic rings. The van der Waals surface area contributed by atoms with Gasteiger partial charge in [0, 0.05) is 28.9 Å². The first-order chi connectivity index (χ1) is 10.2. The highest BCUT2D eigenvalue weighted by molar-refractivity contribution is 7.10. The lowest BCUT2D eigenvalue weighted by Gasteiger charge is -2.36. The Hall–Kier alpha value is -1.60. The van der Waals surface area contributed by atoms with Gasteiger partial charge in [0.2, 0.25) is 5.91 Å². The van der Waals surface area contributed by atoms with Gasteiger partial charge in [-0.1, -0.05) is 0 Å². The van der Waals surface area contributed by atoms with Gasteiger partial charge in [0.05, 0.1) is 5.56 Å². The number of hydrogen-bond acceptors (Lipinski definition) is 5. The number of rotatable bonds is 5. The highest BCUT2D eigenvalue weighted by Crippen LogP contribution is 2.22. The van der Waals surface area contributed by atoms with E-state index in [1.807, 2.05) is 26.8 Å². The van der Waals surface area contributed by atoms with Crippen LogP contribution in [-0.4, -0.2) is 29.7 Å². The average molecular weight is 325 g/mol. The molecule has 7 heteroatoms. The number of carbonyl (C=O) groups excluding carboxylic acids is 2. The van der Waals surface area contributed by atoms with E-state index in [1.165, 1.54) is 11.3 Å². The van der Waals surface area contributed by atoms with Gasteiger partial charge in [0.25, 0.3) is 0 Å². The number of nitrogens with one attached hydrogen (secondary N) is 2. The van der Waals surface area contributed by atoms with E-state index in [1.54, 1.807) is 5.38 Å². The van der Waals surface area contributed by atoms with Gasteiger partial charge in [-0.25, -0.2) is 4.79 Å². The van der Waals surface area contributed by atoms with E-state index in [2.05, 4.69) is 10.6 Å². The Balaban J connectivity index is 1.65. The molecule has 0 radical (unpaired) electrons. The lowest BCUT2D eigenvalue weighted by atomic mass is 9.87. The quantitative estimate of drug-likeness (QED) is 0.772. The Bertz CT molecular complexity index is 544. The van der Waals surface area contributed by atoms with E-state index in [9.17, 15) is 9.59 Å². The molecular weight excluding hydrogens is 302 g/mol. The van der Waals surface area contributed by atoms with Crippen molar-refractivity contribution >= 4 is 23.3 Å². The van der Waals surface area contributed by atoms with Crippen LogP contribution in [0.2, 0.25) is 0 Å². The summed E-state index contributed by atoms with van der Waals surface area (Å²) in [5, 5.41) is 8.04. The molecule has 1 heterocycles. The van der Waals surface area contributed by atoms with Crippen LogP contribution in [0, 0.1) is 0 Å². The topological polar surface area (TPSA) is 93.4 Å². The van der Waals surface area contributed by atoms with Gasteiger partial charge in [-0.3, -0.25) is 4.79 Å². The molecule has 0 spiro atoms. The minimum Gasteiger partial charge on any atom is -0.444 e. The van der Waals surface area contributed by atoms with Crippen molar-refractivity contribution in [1.29, 1.82) is 0 Å². The minimum absolute atomic E-state index is 0.164. The molecule has 2 amide bonds. The summed E-state index contributed by atoms with van der Waals surface area (Å²) in [5.74, 6) is -0.396. The van der Waals surface area contributed by atoms with Crippen LogP contribution < -0.4 is 16.4 Å². The molecule has 0 aliphatic heterocycles. The molecule has 4 N–H and O–H groups in total. The Morgan fingerprint density at radius 3 is 2.59 bits per heavy atom. The molecule has 22 heavy (non-hydrogen) atoms. The van der Waals surface area contributed by atoms with Gasteiger partial charge >= 0.3 is 6.09 Å². The van der Waals surface area contributed by atoms with Crippen LogP contribution in [0.3, 0.4) is 0 Å². The molecular formula is C15H23N3O3S. The van der Waals surface area contributed by atoms with Crippen molar-refractivity contribution < 1.29 is 14.3 Å². The van der Waals surface area contributed by atoms with Gasteiger partial charge in [0.15, 0.2) is 0 Å². The van der Waals surface area contributed by atoms with Gasteiger partial charge in [-0.05, 0) is 39.7 Å². The van der Waals surface area contributed by atoms with Crippen molar-refractivity contribution in [3.63, 3.8) is 0 Å². The van der Waals surface area contributed by atoms with E-state index >= 15 is 0 Å². The molecule has 0 bridgehead atoms. The molecule has 1 aliphatic carbocycles. The molecule has 0 aromatic carbocycles. The van der Waals surface area contributed by atoms with E-state index in [0.29, 0.717) is 18.2 Å². The van der Waals surface area contributed by atoms with Crippen molar-refractivity contribution in [3.8, 4) is 0 Å². The first-order valence-corrected chi connectivity index (χ1v) is 8.21. The monoisotopic (exact) mass is 325 g/mol. The zero-order chi connectivity index (χ0) is 16.3. The zero-order valence-corrected chi connectivity index (χ0v) is 14.0. The summed E-state index contributed by atoms with van der Waals surface area (Å²) in [5.41, 5.74) is 5.31. The third kappa shape index (κ3) is 4.99. The van der Waals surface area contributed by atoms with Crippen LogP contribution in [0.1, 0.15) is 48.8 Å². The number of amides is 2. The molecule has 1 aliphatic rings. The number of primary amides is 1. The highest BCUT2D eigenvalue weighted by Gasteiger charge is 2.31. The van der Waals surface area contributed by atoms with Crippen LogP contribution in [0.15, 0.2) is 11.4 Å². The fraction of sp³-hybridized carbons (Fsp3) is 0.600. The third-order valence-electron chi connectivity index (χ3n) is 3.36. The maximum absolute atomic E-state index is 11.6. The van der Waals surface area contributed by atoms with Crippen molar-refractivity contribution in [2.24, 2.45) is 5.73 Å². The SMILES string of the molecule is CC(C)(C)OC(=O)NC1CC(NCc2cc(C(N)=O)cs2)C1. The van der Waals surface area contributed by atoms with Crippen LogP contribution >= 0.6 is 11.3 Å². The van der Waals surface area contributed by atoms with Crippen LogP contribution in [0.4, 0.5) is 4.79 Å². The first-order valence-electron chi connectivity index (χ1n) is 7.33. The number of carbonyl (C=O) groups is 2. The summed E-state index contributed by atoms with van der Waals surface area (Å²) in [4.78, 5) is 23.7. The largest absolute Gasteiger partial charge is 0.444 e. The maximum atomic E-state index is 11.6. The molecule has 122 valence electrons. The van der Waals surface area contributed by atoms with E-state index < -0.39 is 11.5 Å². The zero-order valence-electron chi connectivity index (χ0n) is 13.1. The van der Waals surface area contributed by atoms with E-state index in [0.717, 1.165) is 17.7 Å². The number of alkyl carbamates (subject to hydrolysis) is 1. The molecule has 0 unspecified atom stereocenters. The Morgan fingerprint density at radius 1 is 1.36 bits per heavy atom. The number of ether oxygens (including phenoxy) is 1. The first kappa shape index (κ1) is 16.8. The predicted molar refractivity (Wildman–Crippen MR) is 85.9 cm³/mol. The van der Waals surface area contributed by atoms with E-state index in [-0.39, 0.29) is 12.1 Å². The fourth-order valence-electron chi connectivity index (χ4n) is 2.22. The Morgan fingerprint density at radius 2 is 2.05 bits per heavy atom. The molecule has 2 rings (SSSR count). The summed E-state index contributed by atoms with van der Waals surface area (Å²) in [6, 6.07) is 2.35. The smallest absolute Gasteiger partial charge is 0.407 e. The lowest BCUT2D eigenvalue weighted by Crippen LogP contribution is -2.52. The van der Waals surface area contributed by atoms with Crippen molar-refractivity contribution in [3.05, 3.63) is 21.9 Å². The second-order valence-corrected chi connectivity index (χ2v) is 7.55. The second kappa shape index (κ2) is 6.66. The molecule has 1 saturated carbocycles. The summed E-state index contributed by atoms with van der Waals surface area (Å²) in [7, 11) is 0. The molecule has 0 atom stereocenters. The molecule has 1 fully saturated rings. The molecule has 0 saturated heterocycles. The summed E-state index contributed by atoms with van der Waals surface area (Å²) in [6.45, 7) is 6.25. The minimum atomic E-state index is -0.469. The molecule has 1 aromatic heterocycles. The highest BCUT2D eigenvalue weighted by atomic mass is 32.1. The van der Waals surface area contributed by atoms with Crippen molar-refractivity contribution in [1.82, 2.24) is 10.6 Å². The Labute approximate surface area is 134 Å². The summed E-state index contributed by atoms with van der Waals surface area (Å²) in [6.07, 6.45) is 1.40. The van der Waals surface area contributed by atoms with Crippen LogP contribution in [0.5, 0.6) is 0 Å².